The van der Waals surface area contributed by atoms with E-state index < -0.39 is 0 Å². The van der Waals surface area contributed by atoms with Crippen molar-refractivity contribution in [1.29, 1.82) is 0 Å². The summed E-state index contributed by atoms with van der Waals surface area (Å²) in [5, 5.41) is 0.790. The summed E-state index contributed by atoms with van der Waals surface area (Å²) in [6.07, 6.45) is 1.45. The first kappa shape index (κ1) is 13.6. The molecule has 0 radical (unpaired) electrons. The van der Waals surface area contributed by atoms with Crippen LogP contribution in [0.25, 0.3) is 0 Å². The van der Waals surface area contributed by atoms with E-state index in [0.717, 1.165) is 10.8 Å². The molecule has 0 aliphatic rings. The van der Waals surface area contributed by atoms with E-state index in [1.807, 2.05) is 22.6 Å². The standard InChI is InChI=1S/C13H13IN2OS/c1-8-3-9(2)5-10(4-8)6-18-13-11(14)12(17)15-7-16-13/h3-5,7H,6H2,1-2H3,(H,15,16,17). The first-order valence-electron chi connectivity index (χ1n) is 5.49. The first-order chi connectivity index (χ1) is 8.56. The molecule has 0 aliphatic heterocycles. The number of halogens is 1. The maximum absolute atomic E-state index is 11.4. The van der Waals surface area contributed by atoms with Crippen molar-refractivity contribution in [3.05, 3.63) is 55.1 Å². The third-order valence-electron chi connectivity index (χ3n) is 2.42. The van der Waals surface area contributed by atoms with Gasteiger partial charge in [-0.3, -0.25) is 4.79 Å². The van der Waals surface area contributed by atoms with Gasteiger partial charge in [0.25, 0.3) is 5.56 Å². The number of aromatic nitrogens is 2. The largest absolute Gasteiger partial charge is 0.312 e. The molecule has 1 heterocycles. The lowest BCUT2D eigenvalue weighted by Crippen LogP contribution is -2.11. The smallest absolute Gasteiger partial charge is 0.265 e. The van der Waals surface area contributed by atoms with Gasteiger partial charge in [-0.1, -0.05) is 29.3 Å². The van der Waals surface area contributed by atoms with Crippen LogP contribution >= 0.6 is 34.4 Å². The highest BCUT2D eigenvalue weighted by Crippen LogP contribution is 2.24. The van der Waals surface area contributed by atoms with E-state index in [-0.39, 0.29) is 5.56 Å². The highest BCUT2D eigenvalue weighted by Gasteiger charge is 2.06. The topological polar surface area (TPSA) is 45.8 Å². The van der Waals surface area contributed by atoms with Crippen LogP contribution in [0.2, 0.25) is 0 Å². The summed E-state index contributed by atoms with van der Waals surface area (Å²) in [6, 6.07) is 6.49. The van der Waals surface area contributed by atoms with Crippen LogP contribution in [-0.2, 0) is 5.75 Å². The van der Waals surface area contributed by atoms with Crippen molar-refractivity contribution in [1.82, 2.24) is 9.97 Å². The molecule has 0 saturated carbocycles. The van der Waals surface area contributed by atoms with Gasteiger partial charge in [0.1, 0.15) is 8.60 Å². The van der Waals surface area contributed by atoms with Crippen molar-refractivity contribution in [2.24, 2.45) is 0 Å². The Morgan fingerprint density at radius 3 is 2.61 bits per heavy atom. The molecule has 94 valence electrons. The van der Waals surface area contributed by atoms with Crippen LogP contribution in [0.1, 0.15) is 16.7 Å². The number of aromatic amines is 1. The van der Waals surface area contributed by atoms with Crippen molar-refractivity contribution < 1.29 is 0 Å². The van der Waals surface area contributed by atoms with Gasteiger partial charge in [0.05, 0.1) is 6.33 Å². The van der Waals surface area contributed by atoms with Crippen molar-refractivity contribution in [2.45, 2.75) is 24.6 Å². The van der Waals surface area contributed by atoms with Crippen molar-refractivity contribution in [2.75, 3.05) is 0 Å². The molecule has 3 nitrogen and oxygen atoms in total. The van der Waals surface area contributed by atoms with E-state index in [0.29, 0.717) is 3.57 Å². The fourth-order valence-electron chi connectivity index (χ4n) is 1.77. The molecule has 0 saturated heterocycles. The van der Waals surface area contributed by atoms with Gasteiger partial charge in [-0.2, -0.15) is 0 Å². The third-order valence-corrected chi connectivity index (χ3v) is 4.85. The van der Waals surface area contributed by atoms with E-state index in [2.05, 4.69) is 42.0 Å². The predicted molar refractivity (Wildman–Crippen MR) is 83.1 cm³/mol. The Kier molecular flexibility index (Phi) is 4.45. The molecule has 0 unspecified atom stereocenters. The number of hydrogen-bond donors (Lipinski definition) is 1. The van der Waals surface area contributed by atoms with Gasteiger partial charge in [-0.05, 0) is 42.0 Å². The highest BCUT2D eigenvalue weighted by atomic mass is 127. The van der Waals surface area contributed by atoms with Crippen molar-refractivity contribution in [3.8, 4) is 0 Å². The number of thioether (sulfide) groups is 1. The second kappa shape index (κ2) is 5.88. The summed E-state index contributed by atoms with van der Waals surface area (Å²) in [4.78, 5) is 18.2. The van der Waals surface area contributed by atoms with Gasteiger partial charge < -0.3 is 4.98 Å². The Labute approximate surface area is 124 Å². The van der Waals surface area contributed by atoms with Crippen LogP contribution in [0, 0.1) is 17.4 Å². The molecule has 0 spiro atoms. The summed E-state index contributed by atoms with van der Waals surface area (Å²) in [5.74, 6) is 0.828. The Balaban J connectivity index is 2.16. The summed E-state index contributed by atoms with van der Waals surface area (Å²) < 4.78 is 0.657. The monoisotopic (exact) mass is 372 g/mol. The Bertz CT molecular complexity index is 604. The summed E-state index contributed by atoms with van der Waals surface area (Å²) >= 11 is 3.63. The fourth-order valence-corrected chi connectivity index (χ4v) is 3.35. The van der Waals surface area contributed by atoms with E-state index in [1.165, 1.54) is 23.0 Å². The van der Waals surface area contributed by atoms with Gasteiger partial charge in [-0.15, -0.1) is 11.8 Å². The van der Waals surface area contributed by atoms with E-state index in [4.69, 9.17) is 0 Å². The minimum absolute atomic E-state index is 0.0754. The second-order valence-corrected chi connectivity index (χ2v) is 6.18. The number of rotatable bonds is 3. The predicted octanol–water partition coefficient (Wildman–Crippen LogP) is 3.28. The SMILES string of the molecule is Cc1cc(C)cc(CSc2nc[nH]c(=O)c2I)c1. The Morgan fingerprint density at radius 2 is 1.94 bits per heavy atom. The second-order valence-electron chi connectivity index (χ2n) is 4.14. The average molecular weight is 372 g/mol. The zero-order valence-corrected chi connectivity index (χ0v) is 13.1. The molecule has 1 aromatic heterocycles. The molecule has 0 amide bonds. The van der Waals surface area contributed by atoms with E-state index >= 15 is 0 Å². The Morgan fingerprint density at radius 1 is 1.28 bits per heavy atom. The van der Waals surface area contributed by atoms with Crippen LogP contribution in [0.5, 0.6) is 0 Å². The van der Waals surface area contributed by atoms with E-state index in [9.17, 15) is 4.79 Å². The molecular weight excluding hydrogens is 359 g/mol. The molecule has 2 rings (SSSR count). The molecule has 1 N–H and O–H groups in total. The third kappa shape index (κ3) is 3.35. The number of nitrogens with one attached hydrogen (secondary N) is 1. The van der Waals surface area contributed by atoms with Crippen LogP contribution in [0.4, 0.5) is 0 Å². The molecule has 1 aromatic carbocycles. The molecule has 0 aliphatic carbocycles. The molecule has 0 fully saturated rings. The minimum Gasteiger partial charge on any atom is -0.312 e. The van der Waals surface area contributed by atoms with Crippen LogP contribution in [-0.4, -0.2) is 9.97 Å². The number of benzene rings is 1. The molecule has 2 aromatic rings. The Hall–Kier alpha value is -0.820. The van der Waals surface area contributed by atoms with Gasteiger partial charge in [-0.25, -0.2) is 4.98 Å². The summed E-state index contributed by atoms with van der Waals surface area (Å²) in [6.45, 7) is 4.19. The maximum Gasteiger partial charge on any atom is 0.265 e. The zero-order chi connectivity index (χ0) is 13.1. The summed E-state index contributed by atoms with van der Waals surface area (Å²) in [5.41, 5.74) is 3.71. The molecular formula is C13H13IN2OS. The normalized spacial score (nSPS) is 10.6. The average Bonchev–Trinajstić information content (AvgIpc) is 2.30. The van der Waals surface area contributed by atoms with Gasteiger partial charge in [0, 0.05) is 5.75 Å². The molecule has 5 heteroatoms. The minimum atomic E-state index is -0.0754. The number of aryl methyl sites for hydroxylation is 2. The first-order valence-corrected chi connectivity index (χ1v) is 7.56. The van der Waals surface area contributed by atoms with Gasteiger partial charge in [0.15, 0.2) is 0 Å². The van der Waals surface area contributed by atoms with E-state index in [1.54, 1.807) is 11.8 Å². The van der Waals surface area contributed by atoms with Gasteiger partial charge in [0.2, 0.25) is 0 Å². The molecule has 0 atom stereocenters. The fraction of sp³-hybridized carbons (Fsp3) is 0.231. The van der Waals surface area contributed by atoms with Crippen molar-refractivity contribution in [3.63, 3.8) is 0 Å². The highest BCUT2D eigenvalue weighted by molar-refractivity contribution is 14.1. The zero-order valence-electron chi connectivity index (χ0n) is 10.2. The van der Waals surface area contributed by atoms with Crippen LogP contribution < -0.4 is 5.56 Å². The molecule has 18 heavy (non-hydrogen) atoms. The molecule has 0 bridgehead atoms. The van der Waals surface area contributed by atoms with Crippen molar-refractivity contribution >= 4 is 34.4 Å². The lowest BCUT2D eigenvalue weighted by atomic mass is 10.1. The lowest BCUT2D eigenvalue weighted by Gasteiger charge is -2.05. The number of nitrogens with zero attached hydrogens (tertiary/aromatic N) is 1. The maximum atomic E-state index is 11.4. The summed E-state index contributed by atoms with van der Waals surface area (Å²) in [7, 11) is 0. The lowest BCUT2D eigenvalue weighted by molar-refractivity contribution is 0.987. The van der Waals surface area contributed by atoms with Crippen LogP contribution in [0.15, 0.2) is 34.3 Å². The van der Waals surface area contributed by atoms with Crippen LogP contribution in [0.3, 0.4) is 0 Å². The van der Waals surface area contributed by atoms with Gasteiger partial charge >= 0.3 is 0 Å². The quantitative estimate of drug-likeness (QED) is 0.511. The number of H-pyrrole nitrogens is 1. The number of hydrogen-bond acceptors (Lipinski definition) is 3.